The van der Waals surface area contributed by atoms with Crippen molar-refractivity contribution in [3.8, 4) is 0 Å². The normalized spacial score (nSPS) is 20.2. The van der Waals surface area contributed by atoms with Crippen LogP contribution in [0.3, 0.4) is 0 Å². The maximum Gasteiger partial charge on any atom is 0.226 e. The first kappa shape index (κ1) is 11.7. The van der Waals surface area contributed by atoms with Crippen molar-refractivity contribution in [2.45, 2.75) is 6.42 Å². The Labute approximate surface area is 103 Å². The van der Waals surface area contributed by atoms with E-state index in [2.05, 4.69) is 0 Å². The topological polar surface area (TPSA) is 20.3 Å². The average Bonchev–Trinajstić information content (AvgIpc) is 2.71. The predicted octanol–water partition coefficient (Wildman–Crippen LogP) is 3.07. The lowest BCUT2D eigenvalue weighted by Crippen LogP contribution is -2.21. The molecule has 1 aromatic carbocycles. The molecule has 1 heterocycles. The molecule has 0 aromatic heterocycles. The Morgan fingerprint density at radius 3 is 2.81 bits per heavy atom. The summed E-state index contributed by atoms with van der Waals surface area (Å²) in [5.41, 5.74) is 0.738. The summed E-state index contributed by atoms with van der Waals surface area (Å²) in [7, 11) is 0. The van der Waals surface area contributed by atoms with E-state index in [9.17, 15) is 9.18 Å². The van der Waals surface area contributed by atoms with E-state index >= 15 is 0 Å². The van der Waals surface area contributed by atoms with Crippen molar-refractivity contribution < 1.29 is 9.18 Å². The Bertz CT molecular complexity index is 424. The molecule has 0 amide bonds. The van der Waals surface area contributed by atoms with Gasteiger partial charge in [-0.25, -0.2) is 4.39 Å². The van der Waals surface area contributed by atoms with Gasteiger partial charge in [0.15, 0.2) is 0 Å². The molecule has 1 fully saturated rings. The number of halogens is 3. The van der Waals surface area contributed by atoms with Gasteiger partial charge < -0.3 is 4.90 Å². The van der Waals surface area contributed by atoms with E-state index in [0.717, 1.165) is 5.69 Å². The Kier molecular flexibility index (Phi) is 3.36. The molecule has 0 N–H and O–H groups in total. The first-order chi connectivity index (χ1) is 7.58. The number of nitrogens with zero attached hydrogens (tertiary/aromatic N) is 1. The largest absolute Gasteiger partial charge is 0.371 e. The standard InChI is InChI=1S/C11H10Cl2FNO/c12-9-2-1-8(5-10(9)14)15-4-3-7(6-15)11(13)16/h1-2,5,7H,3-4,6H2/t7-/m0/s1. The highest BCUT2D eigenvalue weighted by molar-refractivity contribution is 6.64. The lowest BCUT2D eigenvalue weighted by molar-refractivity contribution is -0.114. The molecule has 2 nitrogen and oxygen atoms in total. The molecular formula is C11H10Cl2FNO. The maximum atomic E-state index is 13.2. The fraction of sp³-hybridized carbons (Fsp3) is 0.364. The number of carbonyl (C=O) groups excluding carboxylic acids is 1. The summed E-state index contributed by atoms with van der Waals surface area (Å²) in [6.07, 6.45) is 0.715. The molecule has 0 aliphatic carbocycles. The van der Waals surface area contributed by atoms with E-state index in [1.54, 1.807) is 6.07 Å². The summed E-state index contributed by atoms with van der Waals surface area (Å²) in [6.45, 7) is 1.26. The Balaban J connectivity index is 2.14. The van der Waals surface area contributed by atoms with E-state index in [0.29, 0.717) is 19.5 Å². The van der Waals surface area contributed by atoms with Crippen molar-refractivity contribution in [2.75, 3.05) is 18.0 Å². The van der Waals surface area contributed by atoms with Crippen molar-refractivity contribution in [1.29, 1.82) is 0 Å². The average molecular weight is 262 g/mol. The van der Waals surface area contributed by atoms with E-state index in [1.165, 1.54) is 12.1 Å². The quantitative estimate of drug-likeness (QED) is 0.763. The minimum absolute atomic E-state index is 0.105. The highest BCUT2D eigenvalue weighted by Gasteiger charge is 2.27. The summed E-state index contributed by atoms with van der Waals surface area (Å²) in [5.74, 6) is -0.597. The molecule has 0 unspecified atom stereocenters. The molecule has 0 radical (unpaired) electrons. The highest BCUT2D eigenvalue weighted by atomic mass is 35.5. The maximum absolute atomic E-state index is 13.2. The summed E-state index contributed by atoms with van der Waals surface area (Å²) < 4.78 is 13.2. The van der Waals surface area contributed by atoms with E-state index < -0.39 is 5.82 Å². The van der Waals surface area contributed by atoms with Crippen molar-refractivity contribution in [3.63, 3.8) is 0 Å². The van der Waals surface area contributed by atoms with Crippen LogP contribution < -0.4 is 4.90 Å². The molecule has 1 atom stereocenters. The molecule has 0 saturated carbocycles. The van der Waals surface area contributed by atoms with Crippen molar-refractivity contribution in [3.05, 3.63) is 29.0 Å². The van der Waals surface area contributed by atoms with Crippen LogP contribution in [0.2, 0.25) is 5.02 Å². The van der Waals surface area contributed by atoms with Crippen LogP contribution in [0.15, 0.2) is 18.2 Å². The first-order valence-electron chi connectivity index (χ1n) is 4.97. The second-order valence-corrected chi connectivity index (χ2v) is 4.61. The zero-order chi connectivity index (χ0) is 11.7. The molecule has 16 heavy (non-hydrogen) atoms. The van der Waals surface area contributed by atoms with Crippen molar-refractivity contribution >= 4 is 34.1 Å². The van der Waals surface area contributed by atoms with Gasteiger partial charge in [0.1, 0.15) is 5.82 Å². The summed E-state index contributed by atoms with van der Waals surface area (Å²) in [6, 6.07) is 4.64. The Hall–Kier alpha value is -0.800. The lowest BCUT2D eigenvalue weighted by Gasteiger charge is -2.18. The number of carbonyl (C=O) groups is 1. The number of benzene rings is 1. The SMILES string of the molecule is O=C(Cl)[C@H]1CCN(c2ccc(Cl)c(F)c2)C1. The van der Waals surface area contributed by atoms with Gasteiger partial charge in [-0.3, -0.25) is 4.79 Å². The van der Waals surface area contributed by atoms with E-state index in [1.807, 2.05) is 4.90 Å². The first-order valence-corrected chi connectivity index (χ1v) is 5.73. The fourth-order valence-electron chi connectivity index (χ4n) is 1.86. The fourth-order valence-corrected chi connectivity index (χ4v) is 2.16. The second kappa shape index (κ2) is 4.60. The van der Waals surface area contributed by atoms with Gasteiger partial charge in [-0.05, 0) is 36.2 Å². The minimum atomic E-state index is -0.445. The monoisotopic (exact) mass is 261 g/mol. The van der Waals surface area contributed by atoms with Crippen LogP contribution in [0.4, 0.5) is 10.1 Å². The number of hydrogen-bond donors (Lipinski definition) is 0. The van der Waals surface area contributed by atoms with Gasteiger partial charge in [-0.1, -0.05) is 11.6 Å². The summed E-state index contributed by atoms with van der Waals surface area (Å²) in [5, 5.41) is -0.218. The molecule has 5 heteroatoms. The smallest absolute Gasteiger partial charge is 0.226 e. The van der Waals surface area contributed by atoms with Crippen LogP contribution in [-0.2, 0) is 4.79 Å². The predicted molar refractivity (Wildman–Crippen MR) is 62.6 cm³/mol. The van der Waals surface area contributed by atoms with Crippen molar-refractivity contribution in [2.24, 2.45) is 5.92 Å². The lowest BCUT2D eigenvalue weighted by atomic mass is 10.1. The third-order valence-electron chi connectivity index (χ3n) is 2.78. The van der Waals surface area contributed by atoms with Gasteiger partial charge in [0.25, 0.3) is 0 Å². The van der Waals surface area contributed by atoms with Gasteiger partial charge in [-0.2, -0.15) is 0 Å². The minimum Gasteiger partial charge on any atom is -0.371 e. The molecular weight excluding hydrogens is 252 g/mol. The molecule has 1 aromatic rings. The van der Waals surface area contributed by atoms with Crippen LogP contribution in [-0.4, -0.2) is 18.3 Å². The molecule has 1 aliphatic rings. The molecule has 2 rings (SSSR count). The van der Waals surface area contributed by atoms with Crippen LogP contribution in [0.1, 0.15) is 6.42 Å². The molecule has 1 saturated heterocycles. The van der Waals surface area contributed by atoms with Crippen molar-refractivity contribution in [1.82, 2.24) is 0 Å². The molecule has 1 aliphatic heterocycles. The number of anilines is 1. The van der Waals surface area contributed by atoms with Crippen LogP contribution in [0.5, 0.6) is 0 Å². The Morgan fingerprint density at radius 1 is 1.50 bits per heavy atom. The van der Waals surface area contributed by atoms with Crippen LogP contribution in [0, 0.1) is 11.7 Å². The molecule has 86 valence electrons. The third-order valence-corrected chi connectivity index (χ3v) is 3.39. The molecule has 0 spiro atoms. The van der Waals surface area contributed by atoms with Gasteiger partial charge >= 0.3 is 0 Å². The zero-order valence-electron chi connectivity index (χ0n) is 8.42. The molecule has 0 bridgehead atoms. The van der Waals surface area contributed by atoms with Gasteiger partial charge in [0.05, 0.1) is 10.9 Å². The van der Waals surface area contributed by atoms with Gasteiger partial charge in [0.2, 0.25) is 5.24 Å². The summed E-state index contributed by atoms with van der Waals surface area (Å²) in [4.78, 5) is 12.9. The highest BCUT2D eigenvalue weighted by Crippen LogP contribution is 2.27. The zero-order valence-corrected chi connectivity index (χ0v) is 9.93. The van der Waals surface area contributed by atoms with Gasteiger partial charge in [-0.15, -0.1) is 0 Å². The van der Waals surface area contributed by atoms with Crippen LogP contribution in [0.25, 0.3) is 0 Å². The van der Waals surface area contributed by atoms with E-state index in [-0.39, 0.29) is 16.2 Å². The third kappa shape index (κ3) is 2.30. The Morgan fingerprint density at radius 2 is 2.25 bits per heavy atom. The number of rotatable bonds is 2. The van der Waals surface area contributed by atoms with E-state index in [4.69, 9.17) is 23.2 Å². The number of hydrogen-bond acceptors (Lipinski definition) is 2. The van der Waals surface area contributed by atoms with Gasteiger partial charge in [0, 0.05) is 18.8 Å². The summed E-state index contributed by atoms with van der Waals surface area (Å²) >= 11 is 11.0. The van der Waals surface area contributed by atoms with Crippen LogP contribution >= 0.6 is 23.2 Å². The second-order valence-electron chi connectivity index (χ2n) is 3.83.